The maximum atomic E-state index is 12.8. The average molecular weight is 464 g/mol. The van der Waals surface area contributed by atoms with Gasteiger partial charge in [-0.1, -0.05) is 15.9 Å². The van der Waals surface area contributed by atoms with Gasteiger partial charge in [0, 0.05) is 9.86 Å². The molecule has 0 atom stereocenters. The Kier molecular flexibility index (Phi) is 5.34. The third-order valence-electron chi connectivity index (χ3n) is 3.96. The highest BCUT2D eigenvalue weighted by Crippen LogP contribution is 2.33. The first kappa shape index (κ1) is 19.8. The Morgan fingerprint density at radius 2 is 2.00 bits per heavy atom. The molecule has 8 nitrogen and oxygen atoms in total. The standard InChI is InChI=1S/C18H14BrN3O5S/c1-7-12(18(25)26-2)17(28-13(7)14(20)23)22-16(24)10-6-8-5-9(19)3-4-11(8)27-15(10)21/h3-6,21H,1-2H3,(H2,20,23)(H,22,24). The molecule has 0 fully saturated rings. The van der Waals surface area contributed by atoms with E-state index in [1.54, 1.807) is 18.2 Å². The van der Waals surface area contributed by atoms with Crippen molar-refractivity contribution >= 4 is 61.0 Å². The fraction of sp³-hybridized carbons (Fsp3) is 0.111. The lowest BCUT2D eigenvalue weighted by Crippen LogP contribution is -2.21. The van der Waals surface area contributed by atoms with Crippen LogP contribution in [0.2, 0.25) is 0 Å². The van der Waals surface area contributed by atoms with E-state index in [1.807, 2.05) is 0 Å². The van der Waals surface area contributed by atoms with Crippen molar-refractivity contribution in [3.63, 3.8) is 0 Å². The van der Waals surface area contributed by atoms with Gasteiger partial charge in [0.1, 0.15) is 16.1 Å². The lowest BCUT2D eigenvalue weighted by molar-refractivity contribution is 0.0601. The fourth-order valence-corrected chi connectivity index (χ4v) is 4.06. The van der Waals surface area contributed by atoms with E-state index < -0.39 is 17.8 Å². The molecule has 4 N–H and O–H groups in total. The van der Waals surface area contributed by atoms with Crippen LogP contribution < -0.4 is 16.6 Å². The van der Waals surface area contributed by atoms with Gasteiger partial charge in [-0.3, -0.25) is 15.0 Å². The largest absolute Gasteiger partial charge is 0.465 e. The summed E-state index contributed by atoms with van der Waals surface area (Å²) in [6, 6.07) is 6.69. The molecule has 144 valence electrons. The number of benzene rings is 1. The van der Waals surface area contributed by atoms with E-state index in [1.165, 1.54) is 20.1 Å². The van der Waals surface area contributed by atoms with Gasteiger partial charge in [-0.25, -0.2) is 4.79 Å². The van der Waals surface area contributed by atoms with Crippen LogP contribution in [0.3, 0.4) is 0 Å². The molecule has 0 aliphatic rings. The van der Waals surface area contributed by atoms with Crippen molar-refractivity contribution in [3.8, 4) is 0 Å². The molecule has 3 aromatic rings. The minimum Gasteiger partial charge on any atom is -0.465 e. The SMILES string of the molecule is COC(=O)c1c(NC(=O)c2cc3cc(Br)ccc3oc2=N)sc(C(N)=O)c1C. The molecule has 0 radical (unpaired) electrons. The van der Waals surface area contributed by atoms with E-state index in [-0.39, 0.29) is 26.6 Å². The van der Waals surface area contributed by atoms with Crippen LogP contribution in [-0.2, 0) is 4.74 Å². The zero-order valence-electron chi connectivity index (χ0n) is 14.7. The number of ether oxygens (including phenoxy) is 1. The van der Waals surface area contributed by atoms with Crippen LogP contribution in [0.25, 0.3) is 11.0 Å². The van der Waals surface area contributed by atoms with Gasteiger partial charge in [-0.05, 0) is 36.8 Å². The second-order valence-electron chi connectivity index (χ2n) is 5.74. The van der Waals surface area contributed by atoms with Gasteiger partial charge in [-0.15, -0.1) is 11.3 Å². The molecule has 0 unspecified atom stereocenters. The lowest BCUT2D eigenvalue weighted by atomic mass is 10.1. The van der Waals surface area contributed by atoms with Gasteiger partial charge in [0.25, 0.3) is 11.8 Å². The van der Waals surface area contributed by atoms with Crippen LogP contribution in [0.5, 0.6) is 0 Å². The summed E-state index contributed by atoms with van der Waals surface area (Å²) in [5, 5.41) is 11.3. The number of nitrogens with one attached hydrogen (secondary N) is 2. The molecule has 1 aromatic carbocycles. The summed E-state index contributed by atoms with van der Waals surface area (Å²) < 4.78 is 10.9. The third kappa shape index (κ3) is 3.56. The number of esters is 1. The highest BCUT2D eigenvalue weighted by atomic mass is 79.9. The molecule has 0 spiro atoms. The Balaban J connectivity index is 2.06. The van der Waals surface area contributed by atoms with Crippen molar-refractivity contribution in [2.75, 3.05) is 12.4 Å². The van der Waals surface area contributed by atoms with Crippen LogP contribution in [0.4, 0.5) is 5.00 Å². The van der Waals surface area contributed by atoms with E-state index in [9.17, 15) is 14.4 Å². The summed E-state index contributed by atoms with van der Waals surface area (Å²) >= 11 is 4.21. The second kappa shape index (κ2) is 7.56. The Labute approximate surface area is 170 Å². The van der Waals surface area contributed by atoms with Crippen LogP contribution in [0.15, 0.2) is 33.2 Å². The number of nitrogens with two attached hydrogens (primary N) is 1. The highest BCUT2D eigenvalue weighted by molar-refractivity contribution is 9.10. The van der Waals surface area contributed by atoms with E-state index in [2.05, 4.69) is 21.2 Å². The van der Waals surface area contributed by atoms with Gasteiger partial charge in [-0.2, -0.15) is 0 Å². The summed E-state index contributed by atoms with van der Waals surface area (Å²) in [5.74, 6) is -2.10. The first-order valence-electron chi connectivity index (χ1n) is 7.83. The van der Waals surface area contributed by atoms with E-state index >= 15 is 0 Å². The molecule has 2 aromatic heterocycles. The van der Waals surface area contributed by atoms with Crippen molar-refractivity contribution in [3.05, 3.63) is 55.9 Å². The predicted octanol–water partition coefficient (Wildman–Crippen LogP) is 3.18. The zero-order chi connectivity index (χ0) is 20.6. The Morgan fingerprint density at radius 1 is 1.29 bits per heavy atom. The van der Waals surface area contributed by atoms with E-state index in [0.29, 0.717) is 16.5 Å². The van der Waals surface area contributed by atoms with Crippen molar-refractivity contribution in [1.82, 2.24) is 0 Å². The number of amides is 2. The maximum absolute atomic E-state index is 12.8. The maximum Gasteiger partial charge on any atom is 0.341 e. The Morgan fingerprint density at radius 3 is 2.64 bits per heavy atom. The molecule has 28 heavy (non-hydrogen) atoms. The molecule has 0 aliphatic heterocycles. The van der Waals surface area contributed by atoms with Crippen LogP contribution in [-0.4, -0.2) is 24.9 Å². The first-order chi connectivity index (χ1) is 13.2. The summed E-state index contributed by atoms with van der Waals surface area (Å²) in [6.45, 7) is 1.54. The minimum atomic E-state index is -0.722. The molecule has 2 amide bonds. The van der Waals surface area contributed by atoms with Crippen LogP contribution in [0, 0.1) is 12.3 Å². The molecule has 0 saturated carbocycles. The Bertz CT molecular complexity index is 1200. The van der Waals surface area contributed by atoms with Crippen molar-refractivity contribution in [2.24, 2.45) is 5.73 Å². The number of carbonyl (C=O) groups excluding carboxylic acids is 3. The number of hydrogen-bond acceptors (Lipinski definition) is 7. The van der Waals surface area contributed by atoms with Crippen molar-refractivity contribution < 1.29 is 23.5 Å². The minimum absolute atomic E-state index is 0.0342. The zero-order valence-corrected chi connectivity index (χ0v) is 17.1. The molecule has 0 bridgehead atoms. The third-order valence-corrected chi connectivity index (χ3v) is 5.68. The average Bonchev–Trinajstić information content (AvgIpc) is 2.97. The van der Waals surface area contributed by atoms with E-state index in [0.717, 1.165) is 15.8 Å². The highest BCUT2D eigenvalue weighted by Gasteiger charge is 2.26. The van der Waals surface area contributed by atoms with Gasteiger partial charge >= 0.3 is 5.97 Å². The van der Waals surface area contributed by atoms with Gasteiger partial charge in [0.15, 0.2) is 0 Å². The Hall–Kier alpha value is -2.98. The second-order valence-corrected chi connectivity index (χ2v) is 7.68. The normalized spacial score (nSPS) is 10.7. The van der Waals surface area contributed by atoms with Crippen molar-refractivity contribution in [1.29, 1.82) is 5.41 Å². The van der Waals surface area contributed by atoms with Crippen LogP contribution >= 0.6 is 27.3 Å². The number of hydrogen-bond donors (Lipinski definition) is 3. The van der Waals surface area contributed by atoms with Crippen LogP contribution in [0.1, 0.15) is 36.0 Å². The molecular formula is C18H14BrN3O5S. The number of primary amides is 1. The first-order valence-corrected chi connectivity index (χ1v) is 9.44. The van der Waals surface area contributed by atoms with Gasteiger partial charge in [0.05, 0.1) is 17.6 Å². The molecule has 3 rings (SSSR count). The number of fused-ring (bicyclic) bond motifs is 1. The van der Waals surface area contributed by atoms with E-state index in [4.69, 9.17) is 20.3 Å². The van der Waals surface area contributed by atoms with Crippen molar-refractivity contribution in [2.45, 2.75) is 6.92 Å². The fourth-order valence-electron chi connectivity index (χ4n) is 2.63. The monoisotopic (exact) mass is 463 g/mol. The number of methoxy groups -OCH3 is 1. The molecule has 0 saturated heterocycles. The summed E-state index contributed by atoms with van der Waals surface area (Å²) in [7, 11) is 1.19. The topological polar surface area (TPSA) is 135 Å². The lowest BCUT2D eigenvalue weighted by Gasteiger charge is -2.07. The molecule has 0 aliphatic carbocycles. The number of rotatable bonds is 4. The summed E-state index contributed by atoms with van der Waals surface area (Å²) in [5.41, 5.74) is 5.77. The van der Waals surface area contributed by atoms with Gasteiger partial charge < -0.3 is 20.2 Å². The number of carbonyl (C=O) groups is 3. The molecule has 10 heteroatoms. The number of thiophene rings is 1. The molecular weight excluding hydrogens is 450 g/mol. The smallest absolute Gasteiger partial charge is 0.341 e. The summed E-state index contributed by atoms with van der Waals surface area (Å²) in [4.78, 5) is 36.6. The summed E-state index contributed by atoms with van der Waals surface area (Å²) in [6.07, 6.45) is 0. The number of halogens is 1. The predicted molar refractivity (Wildman–Crippen MR) is 107 cm³/mol. The molecule has 2 heterocycles. The quantitative estimate of drug-likeness (QED) is 0.510. The number of anilines is 1. The van der Waals surface area contributed by atoms with Gasteiger partial charge in [0.2, 0.25) is 5.55 Å².